The quantitative estimate of drug-likeness (QED) is 0.652. The molecule has 1 aromatic carbocycles. The van der Waals surface area contributed by atoms with Gasteiger partial charge in [-0.2, -0.15) is 0 Å². The van der Waals surface area contributed by atoms with E-state index in [9.17, 15) is 0 Å². The summed E-state index contributed by atoms with van der Waals surface area (Å²) in [5.74, 6) is 5.82. The van der Waals surface area contributed by atoms with Crippen LogP contribution in [0.15, 0.2) is 18.2 Å². The minimum atomic E-state index is 0.727. The Kier molecular flexibility index (Phi) is 4.15. The van der Waals surface area contributed by atoms with Gasteiger partial charge in [-0.15, -0.1) is 11.8 Å². The maximum Gasteiger partial charge on any atom is 0.0453 e. The number of hydrogen-bond acceptors (Lipinski definition) is 0. The molecular formula is C11H10Cl2. The molecule has 0 bridgehead atoms. The smallest absolute Gasteiger partial charge is 0.0453 e. The molecule has 0 radical (unpaired) electrons. The summed E-state index contributed by atoms with van der Waals surface area (Å²) in [6, 6.07) is 5.55. The van der Waals surface area contributed by atoms with E-state index in [1.165, 1.54) is 0 Å². The van der Waals surface area contributed by atoms with Gasteiger partial charge in [0, 0.05) is 16.5 Å². The second-order valence-electron chi connectivity index (χ2n) is 2.63. The van der Waals surface area contributed by atoms with Gasteiger partial charge in [-0.1, -0.05) is 29.3 Å². The largest absolute Gasteiger partial charge is 0.107 e. The topological polar surface area (TPSA) is 0 Å². The van der Waals surface area contributed by atoms with Gasteiger partial charge in [0.2, 0.25) is 0 Å². The van der Waals surface area contributed by atoms with Gasteiger partial charge in [-0.25, -0.2) is 0 Å². The average Bonchev–Trinajstić information content (AvgIpc) is 2.10. The van der Waals surface area contributed by atoms with Crippen molar-refractivity contribution in [3.8, 4) is 11.8 Å². The highest BCUT2D eigenvalue weighted by Gasteiger charge is 2.03. The van der Waals surface area contributed by atoms with Crippen molar-refractivity contribution in [1.82, 2.24) is 0 Å². The molecule has 0 saturated heterocycles. The van der Waals surface area contributed by atoms with Crippen LogP contribution < -0.4 is 0 Å². The number of halogens is 2. The van der Waals surface area contributed by atoms with Crippen LogP contribution in [0, 0.1) is 11.8 Å². The molecule has 2 heteroatoms. The molecule has 0 amide bonds. The molecule has 0 fully saturated rings. The zero-order valence-corrected chi connectivity index (χ0v) is 8.91. The van der Waals surface area contributed by atoms with Gasteiger partial charge in [-0.05, 0) is 31.0 Å². The summed E-state index contributed by atoms with van der Waals surface area (Å²) in [6.45, 7) is 1.83. The molecule has 13 heavy (non-hydrogen) atoms. The van der Waals surface area contributed by atoms with E-state index in [0.29, 0.717) is 0 Å². The van der Waals surface area contributed by atoms with Crippen molar-refractivity contribution >= 4 is 23.2 Å². The third-order valence-electron chi connectivity index (χ3n) is 1.74. The first-order valence-corrected chi connectivity index (χ1v) is 4.84. The fourth-order valence-corrected chi connectivity index (χ4v) is 1.67. The lowest BCUT2D eigenvalue weighted by molar-refractivity contribution is 1.03. The van der Waals surface area contributed by atoms with Gasteiger partial charge in [-0.3, -0.25) is 0 Å². The van der Waals surface area contributed by atoms with Gasteiger partial charge in [0.05, 0.1) is 0 Å². The highest BCUT2D eigenvalue weighted by atomic mass is 35.5. The lowest BCUT2D eigenvalue weighted by Crippen LogP contribution is -1.86. The van der Waals surface area contributed by atoms with E-state index < -0.39 is 0 Å². The van der Waals surface area contributed by atoms with Crippen LogP contribution in [0.1, 0.15) is 18.9 Å². The van der Waals surface area contributed by atoms with Crippen molar-refractivity contribution in [3.63, 3.8) is 0 Å². The first-order chi connectivity index (χ1) is 6.25. The van der Waals surface area contributed by atoms with Crippen LogP contribution >= 0.6 is 23.2 Å². The molecule has 1 rings (SSSR count). The SMILES string of the molecule is CC#CCCc1c(Cl)cccc1Cl. The summed E-state index contributed by atoms with van der Waals surface area (Å²) in [5.41, 5.74) is 0.994. The number of hydrogen-bond donors (Lipinski definition) is 0. The fraction of sp³-hybridized carbons (Fsp3) is 0.273. The highest BCUT2D eigenvalue weighted by Crippen LogP contribution is 2.25. The lowest BCUT2D eigenvalue weighted by atomic mass is 10.1. The summed E-state index contributed by atoms with van der Waals surface area (Å²) in [4.78, 5) is 0. The summed E-state index contributed by atoms with van der Waals surface area (Å²) < 4.78 is 0. The maximum absolute atomic E-state index is 5.98. The Morgan fingerprint density at radius 2 is 1.85 bits per heavy atom. The lowest BCUT2D eigenvalue weighted by Gasteiger charge is -2.03. The van der Waals surface area contributed by atoms with Gasteiger partial charge in [0.15, 0.2) is 0 Å². The van der Waals surface area contributed by atoms with E-state index in [-0.39, 0.29) is 0 Å². The maximum atomic E-state index is 5.98. The molecule has 1 aromatic rings. The zero-order valence-electron chi connectivity index (χ0n) is 7.40. The molecule has 0 spiro atoms. The molecule has 0 atom stereocenters. The van der Waals surface area contributed by atoms with Gasteiger partial charge in [0.1, 0.15) is 0 Å². The highest BCUT2D eigenvalue weighted by molar-refractivity contribution is 6.35. The standard InChI is InChI=1S/C11H10Cl2/c1-2-3-4-6-9-10(12)7-5-8-11(9)13/h5,7-8H,4,6H2,1H3. The van der Waals surface area contributed by atoms with Gasteiger partial charge < -0.3 is 0 Å². The number of rotatable bonds is 2. The predicted molar refractivity (Wildman–Crippen MR) is 58.2 cm³/mol. The van der Waals surface area contributed by atoms with Crippen LogP contribution in [-0.2, 0) is 6.42 Å². The van der Waals surface area contributed by atoms with Crippen molar-refractivity contribution in [2.75, 3.05) is 0 Å². The minimum absolute atomic E-state index is 0.727. The van der Waals surface area contributed by atoms with Crippen LogP contribution in [0.25, 0.3) is 0 Å². The molecular weight excluding hydrogens is 203 g/mol. The molecule has 0 aromatic heterocycles. The molecule has 0 aliphatic rings. The van der Waals surface area contributed by atoms with Crippen LogP contribution in [0.5, 0.6) is 0 Å². The molecule has 0 saturated carbocycles. The molecule has 0 aliphatic heterocycles. The van der Waals surface area contributed by atoms with E-state index in [1.54, 1.807) is 0 Å². The van der Waals surface area contributed by atoms with Gasteiger partial charge >= 0.3 is 0 Å². The monoisotopic (exact) mass is 212 g/mol. The predicted octanol–water partition coefficient (Wildman–Crippen LogP) is 3.95. The fourth-order valence-electron chi connectivity index (χ4n) is 1.08. The first-order valence-electron chi connectivity index (χ1n) is 4.08. The molecule has 0 aliphatic carbocycles. The minimum Gasteiger partial charge on any atom is -0.107 e. The van der Waals surface area contributed by atoms with E-state index in [4.69, 9.17) is 23.2 Å². The average molecular weight is 213 g/mol. The Balaban J connectivity index is 2.79. The van der Waals surface area contributed by atoms with Crippen LogP contribution in [-0.4, -0.2) is 0 Å². The Morgan fingerprint density at radius 3 is 2.38 bits per heavy atom. The van der Waals surface area contributed by atoms with Crippen molar-refractivity contribution in [3.05, 3.63) is 33.8 Å². The van der Waals surface area contributed by atoms with Crippen LogP contribution in [0.2, 0.25) is 10.0 Å². The summed E-state index contributed by atoms with van der Waals surface area (Å²) in [7, 11) is 0. The van der Waals surface area contributed by atoms with Gasteiger partial charge in [0.25, 0.3) is 0 Å². The van der Waals surface area contributed by atoms with Crippen LogP contribution in [0.3, 0.4) is 0 Å². The Labute approximate surface area is 88.9 Å². The van der Waals surface area contributed by atoms with E-state index in [2.05, 4.69) is 11.8 Å². The van der Waals surface area contributed by atoms with E-state index >= 15 is 0 Å². The zero-order chi connectivity index (χ0) is 9.68. The van der Waals surface area contributed by atoms with Crippen molar-refractivity contribution in [1.29, 1.82) is 0 Å². The van der Waals surface area contributed by atoms with E-state index in [1.807, 2.05) is 25.1 Å². The Morgan fingerprint density at radius 1 is 1.23 bits per heavy atom. The molecule has 68 valence electrons. The summed E-state index contributed by atoms with van der Waals surface area (Å²) in [6.07, 6.45) is 1.62. The van der Waals surface area contributed by atoms with E-state index in [0.717, 1.165) is 28.5 Å². The second-order valence-corrected chi connectivity index (χ2v) is 3.44. The summed E-state index contributed by atoms with van der Waals surface area (Å²) >= 11 is 12.0. The van der Waals surface area contributed by atoms with Crippen molar-refractivity contribution in [2.24, 2.45) is 0 Å². The summed E-state index contributed by atoms with van der Waals surface area (Å²) in [5, 5.41) is 1.45. The third kappa shape index (κ3) is 2.95. The van der Waals surface area contributed by atoms with Crippen molar-refractivity contribution in [2.45, 2.75) is 19.8 Å². The normalized spacial score (nSPS) is 9.15. The molecule has 0 N–H and O–H groups in total. The second kappa shape index (κ2) is 5.17. The first kappa shape index (κ1) is 10.4. The Bertz CT molecular complexity index is 325. The molecule has 0 nitrogen and oxygen atoms in total. The molecule has 0 unspecified atom stereocenters. The Hall–Kier alpha value is -0.640. The van der Waals surface area contributed by atoms with Crippen LogP contribution in [0.4, 0.5) is 0 Å². The molecule has 0 heterocycles. The van der Waals surface area contributed by atoms with Crippen molar-refractivity contribution < 1.29 is 0 Å². The number of benzene rings is 1. The third-order valence-corrected chi connectivity index (χ3v) is 2.45.